The third-order valence-electron chi connectivity index (χ3n) is 1.33. The van der Waals surface area contributed by atoms with Gasteiger partial charge in [-0.1, -0.05) is 0 Å². The van der Waals surface area contributed by atoms with Crippen molar-refractivity contribution in [3.8, 4) is 0 Å². The van der Waals surface area contributed by atoms with Crippen molar-refractivity contribution in [2.45, 2.75) is 32.4 Å². The Hall–Kier alpha value is -0.610. The fraction of sp³-hybridized carbons (Fsp3) is 0.857. The Labute approximate surface area is 66.2 Å². The molecule has 0 aromatic heterocycles. The molecule has 0 unspecified atom stereocenters. The minimum absolute atomic E-state index is 0.0429. The van der Waals surface area contributed by atoms with E-state index in [0.717, 1.165) is 0 Å². The summed E-state index contributed by atoms with van der Waals surface area (Å²) < 4.78 is 0. The lowest BCUT2D eigenvalue weighted by molar-refractivity contribution is -0.129. The van der Waals surface area contributed by atoms with Crippen molar-refractivity contribution in [2.75, 3.05) is 6.61 Å². The Kier molecular flexibility index (Phi) is 4.81. The number of carbonyl (C=O) groups excluding carboxylic acids is 1. The summed E-state index contributed by atoms with van der Waals surface area (Å²) in [7, 11) is 0. The largest absolute Gasteiger partial charge is 0.396 e. The summed E-state index contributed by atoms with van der Waals surface area (Å²) in [4.78, 5) is 10.8. The standard InChI is InChI=1S/C7H15NO3/c1-5(3-4-9)8-7(11)6(2)10/h5-6,9-10H,3-4H2,1-2H3,(H,8,11)/t5-,6+/m0/s1. The van der Waals surface area contributed by atoms with Gasteiger partial charge in [-0.3, -0.25) is 4.79 Å². The number of hydrogen-bond donors (Lipinski definition) is 3. The smallest absolute Gasteiger partial charge is 0.248 e. The monoisotopic (exact) mass is 161 g/mol. The van der Waals surface area contributed by atoms with Crippen LogP contribution in [0.5, 0.6) is 0 Å². The molecule has 0 radical (unpaired) electrons. The van der Waals surface area contributed by atoms with Crippen LogP contribution in [0.25, 0.3) is 0 Å². The van der Waals surface area contributed by atoms with E-state index in [-0.39, 0.29) is 12.6 Å². The van der Waals surface area contributed by atoms with Gasteiger partial charge in [-0.05, 0) is 20.3 Å². The molecule has 66 valence electrons. The molecule has 11 heavy (non-hydrogen) atoms. The van der Waals surface area contributed by atoms with E-state index in [1.807, 2.05) is 0 Å². The third-order valence-corrected chi connectivity index (χ3v) is 1.33. The Balaban J connectivity index is 3.57. The van der Waals surface area contributed by atoms with E-state index in [1.165, 1.54) is 6.92 Å². The molecule has 0 aromatic rings. The third kappa shape index (κ3) is 4.75. The van der Waals surface area contributed by atoms with Crippen LogP contribution in [0, 0.1) is 0 Å². The molecule has 0 aromatic carbocycles. The number of nitrogens with one attached hydrogen (secondary N) is 1. The predicted octanol–water partition coefficient (Wildman–Crippen LogP) is -0.746. The van der Waals surface area contributed by atoms with E-state index in [1.54, 1.807) is 6.92 Å². The highest BCUT2D eigenvalue weighted by molar-refractivity contribution is 5.80. The van der Waals surface area contributed by atoms with Crippen LogP contribution < -0.4 is 5.32 Å². The average molecular weight is 161 g/mol. The molecule has 3 N–H and O–H groups in total. The van der Waals surface area contributed by atoms with Crippen molar-refractivity contribution < 1.29 is 15.0 Å². The molecule has 1 amide bonds. The normalized spacial score (nSPS) is 15.6. The number of rotatable bonds is 4. The summed E-state index contributed by atoms with van der Waals surface area (Å²) in [5.41, 5.74) is 0. The second kappa shape index (κ2) is 5.09. The van der Waals surface area contributed by atoms with Crippen molar-refractivity contribution in [1.82, 2.24) is 5.32 Å². The molecule has 4 heteroatoms. The first-order chi connectivity index (χ1) is 5.07. The second-order valence-corrected chi connectivity index (χ2v) is 2.60. The van der Waals surface area contributed by atoms with Gasteiger partial charge >= 0.3 is 0 Å². The molecule has 0 saturated heterocycles. The van der Waals surface area contributed by atoms with E-state index in [2.05, 4.69) is 5.32 Å². The van der Waals surface area contributed by atoms with Gasteiger partial charge in [-0.25, -0.2) is 0 Å². The van der Waals surface area contributed by atoms with Crippen LogP contribution in [0.4, 0.5) is 0 Å². The van der Waals surface area contributed by atoms with Crippen molar-refractivity contribution >= 4 is 5.91 Å². The molecule has 0 rings (SSSR count). The van der Waals surface area contributed by atoms with Crippen molar-refractivity contribution in [1.29, 1.82) is 0 Å². The fourth-order valence-electron chi connectivity index (χ4n) is 0.629. The van der Waals surface area contributed by atoms with Crippen LogP contribution in [0.15, 0.2) is 0 Å². The van der Waals surface area contributed by atoms with Gasteiger partial charge in [0.2, 0.25) is 5.91 Å². The van der Waals surface area contributed by atoms with Crippen molar-refractivity contribution in [2.24, 2.45) is 0 Å². The highest BCUT2D eigenvalue weighted by atomic mass is 16.3. The van der Waals surface area contributed by atoms with Gasteiger partial charge in [0, 0.05) is 12.6 Å². The molecule has 0 aliphatic rings. The maximum atomic E-state index is 10.8. The molecular weight excluding hydrogens is 146 g/mol. The number of aliphatic hydroxyl groups is 2. The Morgan fingerprint density at radius 3 is 2.45 bits per heavy atom. The van der Waals surface area contributed by atoms with E-state index in [0.29, 0.717) is 6.42 Å². The summed E-state index contributed by atoms with van der Waals surface area (Å²) in [5, 5.41) is 19.8. The fourth-order valence-corrected chi connectivity index (χ4v) is 0.629. The van der Waals surface area contributed by atoms with Crippen LogP contribution in [-0.2, 0) is 4.79 Å². The van der Waals surface area contributed by atoms with E-state index in [4.69, 9.17) is 10.2 Å². The van der Waals surface area contributed by atoms with Crippen molar-refractivity contribution in [3.63, 3.8) is 0 Å². The predicted molar refractivity (Wildman–Crippen MR) is 41.0 cm³/mol. The van der Waals surface area contributed by atoms with Gasteiger partial charge in [0.1, 0.15) is 6.10 Å². The molecule has 0 heterocycles. The van der Waals surface area contributed by atoms with E-state index < -0.39 is 12.0 Å². The van der Waals surface area contributed by atoms with E-state index in [9.17, 15) is 4.79 Å². The van der Waals surface area contributed by atoms with Crippen LogP contribution in [-0.4, -0.2) is 34.9 Å². The van der Waals surface area contributed by atoms with Crippen LogP contribution >= 0.6 is 0 Å². The van der Waals surface area contributed by atoms with Gasteiger partial charge in [0.05, 0.1) is 0 Å². The summed E-state index contributed by atoms with van der Waals surface area (Å²) in [6.07, 6.45) is -0.463. The maximum Gasteiger partial charge on any atom is 0.248 e. The van der Waals surface area contributed by atoms with E-state index >= 15 is 0 Å². The first-order valence-electron chi connectivity index (χ1n) is 3.67. The van der Waals surface area contributed by atoms with Crippen LogP contribution in [0.1, 0.15) is 20.3 Å². The maximum absolute atomic E-state index is 10.8. The molecule has 0 bridgehead atoms. The van der Waals surface area contributed by atoms with Gasteiger partial charge in [0.25, 0.3) is 0 Å². The summed E-state index contributed by atoms with van der Waals surface area (Å²) >= 11 is 0. The molecule has 0 fully saturated rings. The zero-order valence-corrected chi connectivity index (χ0v) is 6.87. The number of amides is 1. The second-order valence-electron chi connectivity index (χ2n) is 2.60. The highest BCUT2D eigenvalue weighted by Crippen LogP contribution is 1.89. The number of hydrogen-bond acceptors (Lipinski definition) is 3. The highest BCUT2D eigenvalue weighted by Gasteiger charge is 2.10. The zero-order valence-electron chi connectivity index (χ0n) is 6.87. The lowest BCUT2D eigenvalue weighted by Gasteiger charge is -2.13. The summed E-state index contributed by atoms with van der Waals surface area (Å²) in [6, 6.07) is -0.0814. The lowest BCUT2D eigenvalue weighted by atomic mass is 10.2. The molecular formula is C7H15NO3. The van der Waals surface area contributed by atoms with Crippen LogP contribution in [0.2, 0.25) is 0 Å². The zero-order chi connectivity index (χ0) is 8.85. The van der Waals surface area contributed by atoms with Gasteiger partial charge < -0.3 is 15.5 Å². The molecule has 0 aliphatic heterocycles. The summed E-state index contributed by atoms with van der Waals surface area (Å²) in [5.74, 6) is -0.397. The Morgan fingerprint density at radius 1 is 1.55 bits per heavy atom. The van der Waals surface area contributed by atoms with Gasteiger partial charge in [-0.15, -0.1) is 0 Å². The lowest BCUT2D eigenvalue weighted by Crippen LogP contribution is -2.39. The number of carbonyl (C=O) groups is 1. The van der Waals surface area contributed by atoms with Crippen molar-refractivity contribution in [3.05, 3.63) is 0 Å². The Bertz CT molecular complexity index is 125. The van der Waals surface area contributed by atoms with Gasteiger partial charge in [-0.2, -0.15) is 0 Å². The minimum Gasteiger partial charge on any atom is -0.396 e. The molecule has 0 saturated carbocycles. The first kappa shape index (κ1) is 10.4. The van der Waals surface area contributed by atoms with Crippen LogP contribution in [0.3, 0.4) is 0 Å². The Morgan fingerprint density at radius 2 is 2.09 bits per heavy atom. The topological polar surface area (TPSA) is 69.6 Å². The molecule has 0 aliphatic carbocycles. The molecule has 4 nitrogen and oxygen atoms in total. The average Bonchev–Trinajstić information content (AvgIpc) is 1.87. The molecule has 2 atom stereocenters. The quantitative estimate of drug-likeness (QED) is 0.508. The summed E-state index contributed by atoms with van der Waals surface area (Å²) in [6.45, 7) is 3.22. The number of aliphatic hydroxyl groups excluding tert-OH is 2. The SMILES string of the molecule is C[C@@H](CCO)NC(=O)[C@@H](C)O. The minimum atomic E-state index is -0.976. The van der Waals surface area contributed by atoms with Gasteiger partial charge in [0.15, 0.2) is 0 Å². The first-order valence-corrected chi connectivity index (χ1v) is 3.67. The molecule has 0 spiro atoms.